The van der Waals surface area contributed by atoms with Crippen LogP contribution in [0.3, 0.4) is 0 Å². The highest BCUT2D eigenvalue weighted by molar-refractivity contribution is 5.67. The largest absolute Gasteiger partial charge is 0.481 e. The maximum absolute atomic E-state index is 10.6. The summed E-state index contributed by atoms with van der Waals surface area (Å²) >= 11 is 0. The second kappa shape index (κ2) is 9.57. The quantitative estimate of drug-likeness (QED) is 0.566. The molecule has 0 aromatic heterocycles. The minimum atomic E-state index is -0.758. The molecule has 0 aromatic rings. The van der Waals surface area contributed by atoms with E-state index in [-0.39, 0.29) is 12.5 Å². The van der Waals surface area contributed by atoms with Crippen LogP contribution < -0.4 is 0 Å². The van der Waals surface area contributed by atoms with E-state index in [1.54, 1.807) is 7.11 Å². The minimum absolute atomic E-state index is 0.0496. The van der Waals surface area contributed by atoms with Gasteiger partial charge in [0.05, 0.1) is 26.2 Å². The number of likely N-dealkylation sites (N-methyl/N-ethyl adjacent to an activating group) is 1. The predicted molar refractivity (Wildman–Crippen MR) is 61.7 cm³/mol. The van der Waals surface area contributed by atoms with Crippen LogP contribution in [0.1, 0.15) is 20.3 Å². The number of aliphatic carboxylic acids is 1. The first-order valence-electron chi connectivity index (χ1n) is 5.64. The van der Waals surface area contributed by atoms with Crippen molar-refractivity contribution in [3.8, 4) is 0 Å². The van der Waals surface area contributed by atoms with E-state index in [0.29, 0.717) is 19.8 Å². The molecule has 16 heavy (non-hydrogen) atoms. The smallest absolute Gasteiger partial charge is 0.304 e. The highest BCUT2D eigenvalue weighted by Crippen LogP contribution is 2.03. The lowest BCUT2D eigenvalue weighted by Crippen LogP contribution is -2.37. The molecule has 0 aliphatic rings. The van der Waals surface area contributed by atoms with E-state index in [0.717, 1.165) is 13.1 Å². The number of carbonyl (C=O) groups is 1. The topological polar surface area (TPSA) is 59.0 Å². The van der Waals surface area contributed by atoms with Gasteiger partial charge in [0.25, 0.3) is 0 Å². The molecular weight excluding hydrogens is 210 g/mol. The van der Waals surface area contributed by atoms with E-state index in [1.165, 1.54) is 0 Å². The lowest BCUT2D eigenvalue weighted by atomic mass is 10.2. The average Bonchev–Trinajstić information content (AvgIpc) is 2.22. The molecule has 0 aliphatic carbocycles. The molecule has 0 saturated carbocycles. The summed E-state index contributed by atoms with van der Waals surface area (Å²) in [5, 5.41) is 8.70. The van der Waals surface area contributed by atoms with Crippen molar-refractivity contribution in [2.24, 2.45) is 0 Å². The lowest BCUT2D eigenvalue weighted by molar-refractivity contribution is -0.138. The van der Waals surface area contributed by atoms with Gasteiger partial charge < -0.3 is 14.6 Å². The van der Waals surface area contributed by atoms with Crippen LogP contribution in [0.5, 0.6) is 0 Å². The summed E-state index contributed by atoms with van der Waals surface area (Å²) in [6.07, 6.45) is 0.173. The zero-order valence-electron chi connectivity index (χ0n) is 10.4. The predicted octanol–water partition coefficient (Wildman–Crippen LogP) is 0.835. The Balaban J connectivity index is 3.69. The molecule has 1 atom stereocenters. The molecule has 0 bridgehead atoms. The highest BCUT2D eigenvalue weighted by atomic mass is 16.5. The number of rotatable bonds is 10. The van der Waals surface area contributed by atoms with E-state index in [4.69, 9.17) is 14.6 Å². The summed E-state index contributed by atoms with van der Waals surface area (Å²) < 4.78 is 10.2. The van der Waals surface area contributed by atoms with Gasteiger partial charge in [0, 0.05) is 19.7 Å². The molecule has 0 rings (SSSR count). The Labute approximate surface area is 97.3 Å². The summed E-state index contributed by atoms with van der Waals surface area (Å²) in [4.78, 5) is 12.7. The first-order valence-corrected chi connectivity index (χ1v) is 5.64. The van der Waals surface area contributed by atoms with Crippen molar-refractivity contribution in [2.75, 3.05) is 40.0 Å². The van der Waals surface area contributed by atoms with Crippen molar-refractivity contribution in [1.29, 1.82) is 0 Å². The summed E-state index contributed by atoms with van der Waals surface area (Å²) in [6.45, 7) is 7.33. The zero-order valence-corrected chi connectivity index (χ0v) is 10.4. The van der Waals surface area contributed by atoms with Crippen molar-refractivity contribution < 1.29 is 19.4 Å². The fourth-order valence-electron chi connectivity index (χ4n) is 1.50. The number of ether oxygens (including phenoxy) is 2. The Hall–Kier alpha value is -0.650. The Bertz CT molecular complexity index is 187. The van der Waals surface area contributed by atoms with Gasteiger partial charge in [-0.2, -0.15) is 0 Å². The van der Waals surface area contributed by atoms with Crippen molar-refractivity contribution >= 4 is 5.97 Å². The second-order valence-corrected chi connectivity index (χ2v) is 3.68. The molecule has 0 radical (unpaired) electrons. The van der Waals surface area contributed by atoms with Crippen LogP contribution in [0.15, 0.2) is 0 Å². The maximum atomic E-state index is 10.6. The molecule has 0 aliphatic heterocycles. The Kier molecular flexibility index (Phi) is 9.18. The van der Waals surface area contributed by atoms with Crippen LogP contribution in [0.25, 0.3) is 0 Å². The van der Waals surface area contributed by atoms with Gasteiger partial charge in [0.15, 0.2) is 0 Å². The Morgan fingerprint density at radius 1 is 1.38 bits per heavy atom. The van der Waals surface area contributed by atoms with Crippen LogP contribution >= 0.6 is 0 Å². The van der Waals surface area contributed by atoms with Gasteiger partial charge in [-0.15, -0.1) is 0 Å². The van der Waals surface area contributed by atoms with Gasteiger partial charge in [0.2, 0.25) is 0 Å². The van der Waals surface area contributed by atoms with E-state index < -0.39 is 5.97 Å². The normalized spacial score (nSPS) is 13.0. The van der Waals surface area contributed by atoms with Crippen molar-refractivity contribution in [3.05, 3.63) is 0 Å². The molecule has 0 spiro atoms. The Morgan fingerprint density at radius 2 is 2.06 bits per heavy atom. The molecule has 0 amide bonds. The molecule has 0 aromatic carbocycles. The van der Waals surface area contributed by atoms with Gasteiger partial charge in [-0.3, -0.25) is 9.69 Å². The lowest BCUT2D eigenvalue weighted by Gasteiger charge is -2.26. The third-order valence-corrected chi connectivity index (χ3v) is 2.45. The van der Waals surface area contributed by atoms with Gasteiger partial charge in [-0.05, 0) is 13.5 Å². The van der Waals surface area contributed by atoms with Crippen molar-refractivity contribution in [1.82, 2.24) is 4.90 Å². The van der Waals surface area contributed by atoms with E-state index in [2.05, 4.69) is 4.90 Å². The van der Waals surface area contributed by atoms with Gasteiger partial charge in [0.1, 0.15) is 0 Å². The number of carboxylic acids is 1. The summed E-state index contributed by atoms with van der Waals surface area (Å²) in [5.41, 5.74) is 0. The molecular formula is C11H23NO4. The third kappa shape index (κ3) is 7.62. The highest BCUT2D eigenvalue weighted by Gasteiger charge is 2.14. The van der Waals surface area contributed by atoms with Crippen LogP contribution in [0, 0.1) is 0 Å². The number of nitrogens with zero attached hydrogens (tertiary/aromatic N) is 1. The molecule has 0 heterocycles. The summed E-state index contributed by atoms with van der Waals surface area (Å²) in [6, 6.07) is 0.0496. The van der Waals surface area contributed by atoms with E-state index in [1.807, 2.05) is 13.8 Å². The summed E-state index contributed by atoms with van der Waals surface area (Å²) in [5.74, 6) is -0.758. The fourth-order valence-corrected chi connectivity index (χ4v) is 1.50. The fraction of sp³-hybridized carbons (Fsp3) is 0.909. The molecule has 1 N–H and O–H groups in total. The molecule has 5 nitrogen and oxygen atoms in total. The van der Waals surface area contributed by atoms with Crippen LogP contribution in [-0.4, -0.2) is 62.0 Å². The second-order valence-electron chi connectivity index (χ2n) is 3.68. The van der Waals surface area contributed by atoms with Crippen LogP contribution in [0.2, 0.25) is 0 Å². The van der Waals surface area contributed by atoms with Crippen LogP contribution in [0.4, 0.5) is 0 Å². The number of carboxylic acid groups (broad SMARTS) is 1. The molecule has 1 unspecified atom stereocenters. The van der Waals surface area contributed by atoms with Gasteiger partial charge in [-0.1, -0.05) is 6.92 Å². The van der Waals surface area contributed by atoms with E-state index in [9.17, 15) is 4.79 Å². The van der Waals surface area contributed by atoms with Crippen molar-refractivity contribution in [3.63, 3.8) is 0 Å². The van der Waals surface area contributed by atoms with E-state index >= 15 is 0 Å². The van der Waals surface area contributed by atoms with Gasteiger partial charge in [-0.25, -0.2) is 0 Å². The minimum Gasteiger partial charge on any atom is -0.481 e. The SMILES string of the molecule is CCN(CCOCCOC)C(C)CC(=O)O. The average molecular weight is 233 g/mol. The molecule has 0 fully saturated rings. The Morgan fingerprint density at radius 3 is 2.56 bits per heavy atom. The molecule has 0 saturated heterocycles. The molecule has 5 heteroatoms. The zero-order chi connectivity index (χ0) is 12.4. The summed E-state index contributed by atoms with van der Waals surface area (Å²) in [7, 11) is 1.64. The number of hydrogen-bond donors (Lipinski definition) is 1. The monoisotopic (exact) mass is 233 g/mol. The maximum Gasteiger partial charge on any atom is 0.304 e. The number of methoxy groups -OCH3 is 1. The number of hydrogen-bond acceptors (Lipinski definition) is 4. The third-order valence-electron chi connectivity index (χ3n) is 2.45. The standard InChI is InChI=1S/C11H23NO4/c1-4-12(10(2)9-11(13)14)5-6-16-8-7-15-3/h10H,4-9H2,1-3H3,(H,13,14). The molecule has 96 valence electrons. The first kappa shape index (κ1) is 15.3. The first-order chi connectivity index (χ1) is 7.61. The van der Waals surface area contributed by atoms with Crippen LogP contribution in [-0.2, 0) is 14.3 Å². The van der Waals surface area contributed by atoms with Gasteiger partial charge >= 0.3 is 5.97 Å². The van der Waals surface area contributed by atoms with Crippen molar-refractivity contribution in [2.45, 2.75) is 26.3 Å².